The van der Waals surface area contributed by atoms with Crippen molar-refractivity contribution >= 4 is 5.96 Å². The van der Waals surface area contributed by atoms with Crippen molar-refractivity contribution in [2.24, 2.45) is 4.99 Å². The molecule has 1 aromatic rings. The number of hydrogen-bond donors (Lipinski definition) is 1. The molecular formula is C15H24N6O. The van der Waals surface area contributed by atoms with Crippen molar-refractivity contribution in [3.05, 3.63) is 23.9 Å². The zero-order valence-corrected chi connectivity index (χ0v) is 13.3. The molecule has 1 aromatic heterocycles. The van der Waals surface area contributed by atoms with Crippen molar-refractivity contribution in [1.29, 1.82) is 0 Å². The second-order valence-electron chi connectivity index (χ2n) is 5.71. The molecule has 7 nitrogen and oxygen atoms in total. The van der Waals surface area contributed by atoms with Crippen molar-refractivity contribution in [3.63, 3.8) is 0 Å². The van der Waals surface area contributed by atoms with Crippen LogP contribution < -0.4 is 5.32 Å². The molecule has 0 bridgehead atoms. The summed E-state index contributed by atoms with van der Waals surface area (Å²) in [5.74, 6) is 2.16. The fourth-order valence-corrected chi connectivity index (χ4v) is 3.00. The Balaban J connectivity index is 1.61. The minimum absolute atomic E-state index is 0.451. The SMILES string of the molecule is CCNC(=NCc1noc(C)n1)N1CCC(N2CC=CC2)C1. The first-order valence-corrected chi connectivity index (χ1v) is 7.97. The average molecular weight is 304 g/mol. The molecule has 22 heavy (non-hydrogen) atoms. The van der Waals surface area contributed by atoms with Gasteiger partial charge in [0.25, 0.3) is 0 Å². The van der Waals surface area contributed by atoms with Crippen LogP contribution in [-0.2, 0) is 6.54 Å². The van der Waals surface area contributed by atoms with Crippen LogP contribution in [0, 0.1) is 6.92 Å². The van der Waals surface area contributed by atoms with Gasteiger partial charge >= 0.3 is 0 Å². The Hall–Kier alpha value is -1.89. The van der Waals surface area contributed by atoms with E-state index in [1.165, 1.54) is 6.42 Å². The maximum atomic E-state index is 4.99. The molecule has 2 aliphatic rings. The largest absolute Gasteiger partial charge is 0.357 e. The highest BCUT2D eigenvalue weighted by atomic mass is 16.5. The molecule has 0 amide bonds. The number of aromatic nitrogens is 2. The van der Waals surface area contributed by atoms with Gasteiger partial charge in [-0.2, -0.15) is 4.98 Å². The summed E-state index contributed by atoms with van der Waals surface area (Å²) in [4.78, 5) is 13.7. The van der Waals surface area contributed by atoms with Crippen LogP contribution in [0.1, 0.15) is 25.1 Å². The molecule has 1 atom stereocenters. The lowest BCUT2D eigenvalue weighted by Crippen LogP contribution is -2.42. The highest BCUT2D eigenvalue weighted by molar-refractivity contribution is 5.80. The monoisotopic (exact) mass is 304 g/mol. The Labute approximate surface area is 131 Å². The number of hydrogen-bond acceptors (Lipinski definition) is 5. The summed E-state index contributed by atoms with van der Waals surface area (Å²) in [5.41, 5.74) is 0. The highest BCUT2D eigenvalue weighted by Crippen LogP contribution is 2.18. The van der Waals surface area contributed by atoms with Crippen LogP contribution in [0.3, 0.4) is 0 Å². The van der Waals surface area contributed by atoms with Gasteiger partial charge in [-0.3, -0.25) is 4.90 Å². The first-order valence-electron chi connectivity index (χ1n) is 7.97. The highest BCUT2D eigenvalue weighted by Gasteiger charge is 2.29. The Kier molecular flexibility index (Phi) is 4.72. The first-order chi connectivity index (χ1) is 10.8. The van der Waals surface area contributed by atoms with E-state index in [9.17, 15) is 0 Å². The number of nitrogens with zero attached hydrogens (tertiary/aromatic N) is 5. The van der Waals surface area contributed by atoms with Gasteiger partial charge in [0.05, 0.1) is 0 Å². The van der Waals surface area contributed by atoms with E-state index in [4.69, 9.17) is 4.52 Å². The van der Waals surface area contributed by atoms with Gasteiger partial charge in [-0.05, 0) is 13.3 Å². The lowest BCUT2D eigenvalue weighted by molar-refractivity contribution is 0.259. The number of likely N-dealkylation sites (tertiary alicyclic amines) is 1. The van der Waals surface area contributed by atoms with Crippen molar-refractivity contribution in [1.82, 2.24) is 25.3 Å². The quantitative estimate of drug-likeness (QED) is 0.504. The summed E-state index contributed by atoms with van der Waals surface area (Å²) >= 11 is 0. The smallest absolute Gasteiger partial charge is 0.223 e. The molecule has 0 spiro atoms. The van der Waals surface area contributed by atoms with E-state index in [-0.39, 0.29) is 0 Å². The normalized spacial score (nSPS) is 22.7. The van der Waals surface area contributed by atoms with Crippen molar-refractivity contribution in [2.75, 3.05) is 32.7 Å². The molecule has 0 saturated carbocycles. The van der Waals surface area contributed by atoms with E-state index in [2.05, 4.69) is 49.3 Å². The van der Waals surface area contributed by atoms with Crippen molar-refractivity contribution < 1.29 is 4.52 Å². The van der Waals surface area contributed by atoms with Crippen LogP contribution in [0.4, 0.5) is 0 Å². The predicted molar refractivity (Wildman–Crippen MR) is 84.5 cm³/mol. The van der Waals surface area contributed by atoms with Gasteiger partial charge in [0.2, 0.25) is 5.89 Å². The van der Waals surface area contributed by atoms with Gasteiger partial charge in [0, 0.05) is 45.7 Å². The Morgan fingerprint density at radius 1 is 1.45 bits per heavy atom. The molecule has 7 heteroatoms. The number of nitrogens with one attached hydrogen (secondary N) is 1. The van der Waals surface area contributed by atoms with Crippen LogP contribution in [0.25, 0.3) is 0 Å². The van der Waals surface area contributed by atoms with E-state index in [0.717, 1.165) is 38.7 Å². The fraction of sp³-hybridized carbons (Fsp3) is 0.667. The summed E-state index contributed by atoms with van der Waals surface area (Å²) in [6.07, 6.45) is 5.69. The molecule has 3 heterocycles. The van der Waals surface area contributed by atoms with Gasteiger partial charge < -0.3 is 14.7 Å². The minimum Gasteiger partial charge on any atom is -0.357 e. The van der Waals surface area contributed by atoms with Gasteiger partial charge in [-0.15, -0.1) is 0 Å². The topological polar surface area (TPSA) is 69.8 Å². The van der Waals surface area contributed by atoms with Gasteiger partial charge in [0.1, 0.15) is 6.54 Å². The third-order valence-corrected chi connectivity index (χ3v) is 4.10. The summed E-state index contributed by atoms with van der Waals surface area (Å²) in [6, 6.07) is 0.617. The van der Waals surface area contributed by atoms with Crippen LogP contribution in [0.15, 0.2) is 21.7 Å². The van der Waals surface area contributed by atoms with E-state index in [1.54, 1.807) is 6.92 Å². The summed E-state index contributed by atoms with van der Waals surface area (Å²) in [5, 5.41) is 7.26. The van der Waals surface area contributed by atoms with E-state index in [0.29, 0.717) is 24.3 Å². The van der Waals surface area contributed by atoms with Gasteiger partial charge in [0.15, 0.2) is 11.8 Å². The molecule has 0 radical (unpaired) electrons. The zero-order valence-electron chi connectivity index (χ0n) is 13.3. The number of rotatable bonds is 4. The second-order valence-corrected chi connectivity index (χ2v) is 5.71. The number of aliphatic imine (C=N–C) groups is 1. The molecule has 1 saturated heterocycles. The Bertz CT molecular complexity index is 544. The average Bonchev–Trinajstić information content (AvgIpc) is 3.24. The van der Waals surface area contributed by atoms with Gasteiger partial charge in [-0.25, -0.2) is 4.99 Å². The fourth-order valence-electron chi connectivity index (χ4n) is 3.00. The predicted octanol–water partition coefficient (Wildman–Crippen LogP) is 0.790. The molecule has 2 aliphatic heterocycles. The van der Waals surface area contributed by atoms with Crippen LogP contribution in [0.2, 0.25) is 0 Å². The molecule has 3 rings (SSSR count). The molecule has 1 N–H and O–H groups in total. The third kappa shape index (κ3) is 3.47. The van der Waals surface area contributed by atoms with Crippen LogP contribution in [0.5, 0.6) is 0 Å². The maximum Gasteiger partial charge on any atom is 0.223 e. The lowest BCUT2D eigenvalue weighted by atomic mass is 10.2. The Morgan fingerprint density at radius 2 is 2.27 bits per heavy atom. The Morgan fingerprint density at radius 3 is 2.95 bits per heavy atom. The summed E-state index contributed by atoms with van der Waals surface area (Å²) < 4.78 is 4.99. The first kappa shape index (κ1) is 15.0. The third-order valence-electron chi connectivity index (χ3n) is 4.10. The van der Waals surface area contributed by atoms with E-state index < -0.39 is 0 Å². The van der Waals surface area contributed by atoms with Gasteiger partial charge in [-0.1, -0.05) is 17.3 Å². The number of guanidine groups is 1. The molecule has 0 aromatic carbocycles. The number of aryl methyl sites for hydroxylation is 1. The molecule has 1 unspecified atom stereocenters. The standard InChI is InChI=1S/C15H24N6O/c1-3-16-15(17-10-14-18-12(2)22-19-14)21-9-6-13(11-21)20-7-4-5-8-20/h4-5,13H,3,6-11H2,1-2H3,(H,16,17). The van der Waals surface area contributed by atoms with E-state index in [1.807, 2.05) is 0 Å². The second kappa shape index (κ2) is 6.91. The molecule has 120 valence electrons. The van der Waals surface area contributed by atoms with E-state index >= 15 is 0 Å². The minimum atomic E-state index is 0.451. The van der Waals surface area contributed by atoms with Crippen LogP contribution >= 0.6 is 0 Å². The lowest BCUT2D eigenvalue weighted by Gasteiger charge is -2.25. The molecule has 0 aliphatic carbocycles. The molecule has 1 fully saturated rings. The summed E-state index contributed by atoms with van der Waals surface area (Å²) in [6.45, 7) is 9.41. The zero-order chi connectivity index (χ0) is 15.4. The van der Waals surface area contributed by atoms with Crippen molar-refractivity contribution in [3.8, 4) is 0 Å². The molecular weight excluding hydrogens is 280 g/mol. The summed E-state index contributed by atoms with van der Waals surface area (Å²) in [7, 11) is 0. The van der Waals surface area contributed by atoms with Crippen molar-refractivity contribution in [2.45, 2.75) is 32.9 Å². The van der Waals surface area contributed by atoms with Crippen LogP contribution in [-0.4, -0.2) is 64.7 Å². The maximum absolute atomic E-state index is 4.99.